The highest BCUT2D eigenvalue weighted by Gasteiger charge is 2.19. The number of ketones is 1. The normalized spacial score (nSPS) is 11.4. The smallest absolute Gasteiger partial charge is 0.267 e. The van der Waals surface area contributed by atoms with Crippen LogP contribution < -0.4 is 5.56 Å². The Balaban J connectivity index is 1.47. The van der Waals surface area contributed by atoms with Crippen molar-refractivity contribution < 1.29 is 9.18 Å². The first-order valence-corrected chi connectivity index (χ1v) is 12.3. The second-order valence-electron chi connectivity index (χ2n) is 8.45. The van der Waals surface area contributed by atoms with E-state index in [9.17, 15) is 14.0 Å². The lowest BCUT2D eigenvalue weighted by atomic mass is 10.1. The number of aromatic nitrogens is 4. The monoisotopic (exact) mass is 486 g/mol. The van der Waals surface area contributed by atoms with Gasteiger partial charge >= 0.3 is 0 Å². The molecule has 5 aromatic rings. The molecule has 8 heteroatoms. The fourth-order valence-electron chi connectivity index (χ4n) is 4.22. The molecule has 0 spiro atoms. The molecule has 0 saturated carbocycles. The maximum atomic E-state index is 13.5. The zero-order chi connectivity index (χ0) is 24.5. The van der Waals surface area contributed by atoms with E-state index in [0.717, 1.165) is 22.3 Å². The summed E-state index contributed by atoms with van der Waals surface area (Å²) in [6, 6.07) is 19.0. The topological polar surface area (TPSA) is 69.3 Å². The van der Waals surface area contributed by atoms with Gasteiger partial charge in [0.2, 0.25) is 5.78 Å². The molecule has 0 aliphatic rings. The van der Waals surface area contributed by atoms with Crippen LogP contribution in [0.25, 0.3) is 22.4 Å². The molecule has 2 aromatic heterocycles. The summed E-state index contributed by atoms with van der Waals surface area (Å²) in [6.07, 6.45) is 0.980. The predicted molar refractivity (Wildman–Crippen MR) is 136 cm³/mol. The van der Waals surface area contributed by atoms with Gasteiger partial charge in [-0.05, 0) is 68.3 Å². The van der Waals surface area contributed by atoms with Crippen LogP contribution in [0.5, 0.6) is 0 Å². The number of thioether (sulfide) groups is 1. The number of carbonyl (C=O) groups excluding carboxylic acids is 1. The fourth-order valence-corrected chi connectivity index (χ4v) is 5.10. The van der Waals surface area contributed by atoms with Crippen LogP contribution in [-0.4, -0.2) is 30.7 Å². The summed E-state index contributed by atoms with van der Waals surface area (Å²) in [5.41, 5.74) is 3.96. The minimum atomic E-state index is -0.359. The highest BCUT2D eigenvalue weighted by Crippen LogP contribution is 2.25. The number of aryl methyl sites for hydroxylation is 2. The molecule has 0 aliphatic carbocycles. The van der Waals surface area contributed by atoms with Gasteiger partial charge in [0.25, 0.3) is 5.56 Å². The molecule has 0 saturated heterocycles. The highest BCUT2D eigenvalue weighted by molar-refractivity contribution is 7.99. The van der Waals surface area contributed by atoms with E-state index in [1.165, 1.54) is 36.0 Å². The Labute approximate surface area is 205 Å². The Hall–Kier alpha value is -3.78. The summed E-state index contributed by atoms with van der Waals surface area (Å²) in [5.74, 6) is 0.712. The Morgan fingerprint density at radius 3 is 2.54 bits per heavy atom. The van der Waals surface area contributed by atoms with Gasteiger partial charge in [-0.3, -0.25) is 14.0 Å². The minimum absolute atomic E-state index is 0.0224. The summed E-state index contributed by atoms with van der Waals surface area (Å²) in [4.78, 5) is 25.9. The van der Waals surface area contributed by atoms with Gasteiger partial charge in [0, 0.05) is 17.7 Å². The number of hydrogen-bond donors (Lipinski definition) is 0. The quantitative estimate of drug-likeness (QED) is 0.172. The standard InChI is InChI=1S/C27H23FN4O2S/c1-17-9-14-22(18(2)16-17)31-25(34)21-6-3-4-7-23(21)32-26(31)29-30-27(32)35-15-5-8-24(33)19-10-12-20(28)13-11-19/h3-4,6-7,9-14,16H,5,8,15H2,1-2H3. The van der Waals surface area contributed by atoms with Crippen LogP contribution in [0.4, 0.5) is 4.39 Å². The SMILES string of the molecule is Cc1ccc(-n2c(=O)c3ccccc3n3c(SCCCC(=O)c4ccc(F)cc4)nnc23)c(C)c1. The Morgan fingerprint density at radius 2 is 1.77 bits per heavy atom. The highest BCUT2D eigenvalue weighted by atomic mass is 32.2. The lowest BCUT2D eigenvalue weighted by molar-refractivity contribution is 0.0982. The molecule has 0 aliphatic heterocycles. The second kappa shape index (κ2) is 9.46. The lowest BCUT2D eigenvalue weighted by Gasteiger charge is -2.13. The molecule has 176 valence electrons. The second-order valence-corrected chi connectivity index (χ2v) is 9.51. The Kier molecular flexibility index (Phi) is 6.21. The van der Waals surface area contributed by atoms with Gasteiger partial charge in [0.05, 0.1) is 16.6 Å². The minimum Gasteiger partial charge on any atom is -0.294 e. The molecule has 0 fully saturated rings. The van der Waals surface area contributed by atoms with E-state index in [-0.39, 0.29) is 17.2 Å². The van der Waals surface area contributed by atoms with E-state index < -0.39 is 0 Å². The van der Waals surface area contributed by atoms with Crippen LogP contribution >= 0.6 is 11.8 Å². The molecule has 3 aromatic carbocycles. The van der Waals surface area contributed by atoms with Gasteiger partial charge in [-0.2, -0.15) is 0 Å². The first kappa shape index (κ1) is 23.0. The van der Waals surface area contributed by atoms with Gasteiger partial charge < -0.3 is 0 Å². The van der Waals surface area contributed by atoms with Crippen molar-refractivity contribution in [1.29, 1.82) is 0 Å². The summed E-state index contributed by atoms with van der Waals surface area (Å²) < 4.78 is 16.6. The van der Waals surface area contributed by atoms with Crippen molar-refractivity contribution in [2.75, 3.05) is 5.75 Å². The van der Waals surface area contributed by atoms with E-state index in [1.54, 1.807) is 4.57 Å². The Bertz CT molecular complexity index is 1620. The summed E-state index contributed by atoms with van der Waals surface area (Å²) in [5, 5.41) is 10.0. The number of benzene rings is 3. The number of para-hydroxylation sites is 1. The molecule has 0 unspecified atom stereocenters. The molecule has 0 N–H and O–H groups in total. The first-order chi connectivity index (χ1) is 16.9. The van der Waals surface area contributed by atoms with Crippen molar-refractivity contribution in [1.82, 2.24) is 19.2 Å². The molecule has 0 amide bonds. The molecule has 5 rings (SSSR count). The zero-order valence-electron chi connectivity index (χ0n) is 19.4. The molecule has 2 heterocycles. The van der Waals surface area contributed by atoms with Gasteiger partial charge in [0.15, 0.2) is 10.9 Å². The lowest BCUT2D eigenvalue weighted by Crippen LogP contribution is -2.22. The van der Waals surface area contributed by atoms with E-state index in [1.807, 2.05) is 60.7 Å². The first-order valence-electron chi connectivity index (χ1n) is 11.3. The maximum absolute atomic E-state index is 13.5. The molecule has 0 radical (unpaired) electrons. The molecule has 0 atom stereocenters. The van der Waals surface area contributed by atoms with Crippen LogP contribution in [0.3, 0.4) is 0 Å². The van der Waals surface area contributed by atoms with Gasteiger partial charge in [0.1, 0.15) is 5.82 Å². The number of fused-ring (bicyclic) bond motifs is 3. The van der Waals surface area contributed by atoms with Crippen molar-refractivity contribution in [3.63, 3.8) is 0 Å². The van der Waals surface area contributed by atoms with Crippen molar-refractivity contribution >= 4 is 34.2 Å². The van der Waals surface area contributed by atoms with E-state index in [0.29, 0.717) is 40.5 Å². The maximum Gasteiger partial charge on any atom is 0.267 e. The third-order valence-electron chi connectivity index (χ3n) is 5.93. The van der Waals surface area contributed by atoms with Crippen molar-refractivity contribution in [2.24, 2.45) is 0 Å². The molecule has 0 bridgehead atoms. The molecule has 35 heavy (non-hydrogen) atoms. The van der Waals surface area contributed by atoms with E-state index in [4.69, 9.17) is 0 Å². The number of Topliss-reactive ketones (excluding diaryl/α,β-unsaturated/α-hetero) is 1. The van der Waals surface area contributed by atoms with Crippen LogP contribution in [-0.2, 0) is 0 Å². The summed E-state index contributed by atoms with van der Waals surface area (Å²) in [7, 11) is 0. The van der Waals surface area contributed by atoms with Gasteiger partial charge in [-0.1, -0.05) is 41.6 Å². The van der Waals surface area contributed by atoms with Crippen LogP contribution in [0, 0.1) is 19.7 Å². The van der Waals surface area contributed by atoms with E-state index >= 15 is 0 Å². The number of rotatable bonds is 7. The van der Waals surface area contributed by atoms with Gasteiger partial charge in [-0.15, -0.1) is 10.2 Å². The molecular weight excluding hydrogens is 463 g/mol. The third kappa shape index (κ3) is 4.37. The number of carbonyl (C=O) groups is 1. The number of nitrogens with zero attached hydrogens (tertiary/aromatic N) is 4. The molecular formula is C27H23FN4O2S. The number of halogens is 1. The van der Waals surface area contributed by atoms with Crippen LogP contribution in [0.15, 0.2) is 76.7 Å². The number of hydrogen-bond acceptors (Lipinski definition) is 5. The van der Waals surface area contributed by atoms with Gasteiger partial charge in [-0.25, -0.2) is 8.96 Å². The zero-order valence-corrected chi connectivity index (χ0v) is 20.2. The predicted octanol–water partition coefficient (Wildman–Crippen LogP) is 5.54. The van der Waals surface area contributed by atoms with Crippen molar-refractivity contribution in [2.45, 2.75) is 31.8 Å². The van der Waals surface area contributed by atoms with Crippen LogP contribution in [0.2, 0.25) is 0 Å². The van der Waals surface area contributed by atoms with Crippen molar-refractivity contribution in [3.05, 3.63) is 99.6 Å². The third-order valence-corrected chi connectivity index (χ3v) is 6.95. The van der Waals surface area contributed by atoms with Crippen molar-refractivity contribution in [3.8, 4) is 5.69 Å². The largest absolute Gasteiger partial charge is 0.294 e. The fraction of sp³-hybridized carbons (Fsp3) is 0.185. The average molecular weight is 487 g/mol. The average Bonchev–Trinajstić information content (AvgIpc) is 3.27. The summed E-state index contributed by atoms with van der Waals surface area (Å²) >= 11 is 1.49. The van der Waals surface area contributed by atoms with Crippen LogP contribution in [0.1, 0.15) is 34.3 Å². The summed E-state index contributed by atoms with van der Waals surface area (Å²) in [6.45, 7) is 3.99. The molecule has 6 nitrogen and oxygen atoms in total. The Morgan fingerprint density at radius 1 is 1.00 bits per heavy atom. The van der Waals surface area contributed by atoms with E-state index in [2.05, 4.69) is 10.2 Å².